The number of hydrogen-bond donors (Lipinski definition) is 2. The smallest absolute Gasteiger partial charge is 0.231 e. The molecule has 2 aromatic rings. The summed E-state index contributed by atoms with van der Waals surface area (Å²) in [4.78, 5) is 4.32. The van der Waals surface area contributed by atoms with Gasteiger partial charge in [0.05, 0.1) is 0 Å². The summed E-state index contributed by atoms with van der Waals surface area (Å²) in [6.45, 7) is 0.997. The Hall–Kier alpha value is -2.69. The number of aliphatic imine (C=N–C) groups is 1. The van der Waals surface area contributed by atoms with Gasteiger partial charge in [0.25, 0.3) is 0 Å². The highest BCUT2D eigenvalue weighted by atomic mass is 16.7. The average molecular weight is 323 g/mol. The van der Waals surface area contributed by atoms with Crippen LogP contribution in [0.5, 0.6) is 11.5 Å². The fourth-order valence-corrected chi connectivity index (χ4v) is 3.03. The average Bonchev–Trinajstić information content (AvgIpc) is 3.24. The number of nitrogens with zero attached hydrogens (tertiary/aromatic N) is 1. The number of ether oxygens (including phenoxy) is 2. The van der Waals surface area contributed by atoms with Gasteiger partial charge in [0.2, 0.25) is 6.79 Å². The van der Waals surface area contributed by atoms with Gasteiger partial charge in [-0.05, 0) is 29.7 Å². The van der Waals surface area contributed by atoms with Crippen molar-refractivity contribution in [2.24, 2.45) is 4.99 Å². The molecule has 0 radical (unpaired) electrons. The Morgan fingerprint density at radius 1 is 1.12 bits per heavy atom. The summed E-state index contributed by atoms with van der Waals surface area (Å²) < 4.78 is 10.8. The van der Waals surface area contributed by atoms with Gasteiger partial charge in [-0.1, -0.05) is 36.4 Å². The van der Waals surface area contributed by atoms with Gasteiger partial charge in [-0.25, -0.2) is 0 Å². The lowest BCUT2D eigenvalue weighted by atomic mass is 10.1. The van der Waals surface area contributed by atoms with Crippen molar-refractivity contribution in [3.63, 3.8) is 0 Å². The number of rotatable bonds is 4. The monoisotopic (exact) mass is 323 g/mol. The van der Waals surface area contributed by atoms with Crippen LogP contribution in [-0.2, 0) is 6.54 Å². The predicted octanol–water partition coefficient (Wildman–Crippen LogP) is 2.64. The molecule has 0 aromatic heterocycles. The van der Waals surface area contributed by atoms with Crippen molar-refractivity contribution < 1.29 is 9.47 Å². The van der Waals surface area contributed by atoms with Crippen molar-refractivity contribution in [2.75, 3.05) is 13.8 Å². The maximum Gasteiger partial charge on any atom is 0.231 e. The fourth-order valence-electron chi connectivity index (χ4n) is 3.03. The van der Waals surface area contributed by atoms with E-state index in [4.69, 9.17) is 9.47 Å². The minimum Gasteiger partial charge on any atom is -0.454 e. The zero-order valence-electron chi connectivity index (χ0n) is 13.7. The summed E-state index contributed by atoms with van der Waals surface area (Å²) in [6.07, 6.45) is 1.15. The third-order valence-electron chi connectivity index (χ3n) is 4.46. The van der Waals surface area contributed by atoms with Crippen LogP contribution in [0, 0.1) is 0 Å². The minimum atomic E-state index is 0.304. The van der Waals surface area contributed by atoms with Crippen LogP contribution in [0.15, 0.2) is 53.5 Å². The molecular weight excluding hydrogens is 302 g/mol. The van der Waals surface area contributed by atoms with Crippen LogP contribution >= 0.6 is 0 Å². The maximum absolute atomic E-state index is 5.41. The number of nitrogens with one attached hydrogen (secondary N) is 2. The summed E-state index contributed by atoms with van der Waals surface area (Å²) in [7, 11) is 1.80. The molecule has 5 heteroatoms. The van der Waals surface area contributed by atoms with Gasteiger partial charge < -0.3 is 20.1 Å². The molecule has 1 saturated carbocycles. The lowest BCUT2D eigenvalue weighted by molar-refractivity contribution is 0.174. The van der Waals surface area contributed by atoms with Crippen LogP contribution in [-0.4, -0.2) is 25.8 Å². The van der Waals surface area contributed by atoms with Crippen molar-refractivity contribution in [3.05, 3.63) is 59.7 Å². The summed E-state index contributed by atoms with van der Waals surface area (Å²) in [5, 5.41) is 6.86. The van der Waals surface area contributed by atoms with Crippen molar-refractivity contribution in [3.8, 4) is 11.5 Å². The minimum absolute atomic E-state index is 0.304. The van der Waals surface area contributed by atoms with Crippen LogP contribution in [0.1, 0.15) is 23.5 Å². The van der Waals surface area contributed by atoms with Gasteiger partial charge >= 0.3 is 0 Å². The van der Waals surface area contributed by atoms with Crippen LogP contribution in [0.4, 0.5) is 0 Å². The number of fused-ring (bicyclic) bond motifs is 1. The Labute approximate surface area is 141 Å². The highest BCUT2D eigenvalue weighted by Crippen LogP contribution is 2.40. The first-order chi connectivity index (χ1) is 11.8. The Bertz CT molecular complexity index is 746. The van der Waals surface area contributed by atoms with Crippen LogP contribution in [0.2, 0.25) is 0 Å². The molecule has 1 heterocycles. The third kappa shape index (κ3) is 3.15. The number of benzene rings is 2. The van der Waals surface area contributed by atoms with Crippen molar-refractivity contribution in [2.45, 2.75) is 24.9 Å². The van der Waals surface area contributed by atoms with Gasteiger partial charge in [-0.15, -0.1) is 0 Å². The fraction of sp³-hybridized carbons (Fsp3) is 0.316. The maximum atomic E-state index is 5.41. The predicted molar refractivity (Wildman–Crippen MR) is 93.5 cm³/mol. The number of guanidine groups is 1. The van der Waals surface area contributed by atoms with E-state index in [1.54, 1.807) is 7.05 Å². The lowest BCUT2D eigenvalue weighted by Gasteiger charge is -2.12. The van der Waals surface area contributed by atoms with Gasteiger partial charge in [0, 0.05) is 25.6 Å². The van der Waals surface area contributed by atoms with Crippen molar-refractivity contribution in [1.29, 1.82) is 0 Å². The molecule has 0 spiro atoms. The number of hydrogen-bond acceptors (Lipinski definition) is 3. The molecule has 2 atom stereocenters. The van der Waals surface area contributed by atoms with E-state index in [-0.39, 0.29) is 0 Å². The molecule has 0 amide bonds. The second kappa shape index (κ2) is 6.43. The highest BCUT2D eigenvalue weighted by molar-refractivity contribution is 5.80. The third-order valence-corrected chi connectivity index (χ3v) is 4.46. The van der Waals surface area contributed by atoms with Gasteiger partial charge in [-0.2, -0.15) is 0 Å². The first-order valence-corrected chi connectivity index (χ1v) is 8.24. The van der Waals surface area contributed by atoms with Gasteiger partial charge in [0.15, 0.2) is 17.5 Å². The summed E-state index contributed by atoms with van der Waals surface area (Å²) >= 11 is 0. The second-order valence-corrected chi connectivity index (χ2v) is 6.12. The van der Waals surface area contributed by atoms with E-state index < -0.39 is 0 Å². The van der Waals surface area contributed by atoms with Crippen LogP contribution in [0.3, 0.4) is 0 Å². The lowest BCUT2D eigenvalue weighted by Crippen LogP contribution is -2.38. The molecule has 1 fully saturated rings. The van der Waals surface area contributed by atoms with Crippen molar-refractivity contribution in [1.82, 2.24) is 10.6 Å². The first kappa shape index (κ1) is 14.9. The summed E-state index contributed by atoms with van der Waals surface area (Å²) in [6, 6.07) is 17.1. The molecule has 1 aliphatic carbocycles. The SMILES string of the molecule is CN=C(NCc1ccc2c(c1)OCO2)NC1CC1c1ccccc1. The van der Waals surface area contributed by atoms with Crippen LogP contribution in [0.25, 0.3) is 0 Å². The standard InChI is InChI=1S/C19H21N3O2/c1-20-19(22-16-10-15(16)14-5-3-2-4-6-14)21-11-13-7-8-17-18(9-13)24-12-23-17/h2-9,15-16H,10-12H2,1H3,(H2,20,21,22). The van der Waals surface area contributed by atoms with E-state index in [2.05, 4.69) is 46.0 Å². The molecule has 4 rings (SSSR count). The largest absolute Gasteiger partial charge is 0.454 e. The Kier molecular flexibility index (Phi) is 3.99. The van der Waals surface area contributed by atoms with Crippen molar-refractivity contribution >= 4 is 5.96 Å². The summed E-state index contributed by atoms with van der Waals surface area (Å²) in [5.74, 6) is 3.03. The second-order valence-electron chi connectivity index (χ2n) is 6.12. The van der Waals surface area contributed by atoms with Crippen LogP contribution < -0.4 is 20.1 Å². The van der Waals surface area contributed by atoms with Gasteiger partial charge in [0.1, 0.15) is 0 Å². The Morgan fingerprint density at radius 2 is 1.96 bits per heavy atom. The Balaban J connectivity index is 1.31. The zero-order valence-corrected chi connectivity index (χ0v) is 13.7. The van der Waals surface area contributed by atoms with Gasteiger partial charge in [-0.3, -0.25) is 4.99 Å². The van der Waals surface area contributed by atoms with E-state index in [1.165, 1.54) is 5.56 Å². The first-order valence-electron chi connectivity index (χ1n) is 8.24. The van der Waals surface area contributed by atoms with E-state index in [0.717, 1.165) is 29.4 Å². The molecule has 0 saturated heterocycles. The molecule has 0 bridgehead atoms. The Morgan fingerprint density at radius 3 is 2.79 bits per heavy atom. The van der Waals surface area contributed by atoms with E-state index in [1.807, 2.05) is 18.2 Å². The molecule has 2 N–H and O–H groups in total. The molecule has 2 aromatic carbocycles. The molecule has 124 valence electrons. The normalized spacial score (nSPS) is 21.5. The zero-order chi connectivity index (χ0) is 16.4. The van der Waals surface area contributed by atoms with E-state index in [9.17, 15) is 0 Å². The molecule has 2 unspecified atom stereocenters. The topological polar surface area (TPSA) is 54.9 Å². The van der Waals surface area contributed by atoms with E-state index in [0.29, 0.717) is 25.3 Å². The molecule has 5 nitrogen and oxygen atoms in total. The molecule has 2 aliphatic rings. The quantitative estimate of drug-likeness (QED) is 0.671. The van der Waals surface area contributed by atoms with E-state index >= 15 is 0 Å². The molecule has 1 aliphatic heterocycles. The highest BCUT2D eigenvalue weighted by Gasteiger charge is 2.38. The summed E-state index contributed by atoms with van der Waals surface area (Å²) in [5.41, 5.74) is 2.53. The molecule has 24 heavy (non-hydrogen) atoms. The molecular formula is C19H21N3O2.